The molecule has 0 bridgehead atoms. The monoisotopic (exact) mass is 545 g/mol. The van der Waals surface area contributed by atoms with Crippen LogP contribution in [-0.2, 0) is 26.2 Å². The van der Waals surface area contributed by atoms with E-state index in [1.807, 2.05) is 71.0 Å². The van der Waals surface area contributed by atoms with E-state index < -0.39 is 16.1 Å². The Kier molecular flexibility index (Phi) is 11.6. The van der Waals surface area contributed by atoms with Crippen molar-refractivity contribution < 1.29 is 22.7 Å². The molecule has 0 unspecified atom stereocenters. The van der Waals surface area contributed by atoms with Gasteiger partial charge < -0.3 is 15.0 Å². The summed E-state index contributed by atoms with van der Waals surface area (Å²) in [7, 11) is -1.95. The first-order chi connectivity index (χ1) is 17.9. The Morgan fingerprint density at radius 1 is 1.00 bits per heavy atom. The first kappa shape index (κ1) is 31.1. The molecule has 0 saturated carbocycles. The summed E-state index contributed by atoms with van der Waals surface area (Å²) in [5, 5.41) is 3.01. The van der Waals surface area contributed by atoms with Crippen LogP contribution in [0.2, 0.25) is 0 Å². The summed E-state index contributed by atoms with van der Waals surface area (Å²) >= 11 is 0. The van der Waals surface area contributed by atoms with E-state index in [0.717, 1.165) is 23.1 Å². The Labute approximate surface area is 228 Å². The maximum absolute atomic E-state index is 13.6. The van der Waals surface area contributed by atoms with Gasteiger partial charge in [-0.15, -0.1) is 0 Å². The van der Waals surface area contributed by atoms with Crippen LogP contribution in [0.5, 0.6) is 5.75 Å². The number of nitrogens with one attached hydrogen (secondary N) is 1. The molecule has 2 aromatic carbocycles. The molecule has 0 fully saturated rings. The molecule has 0 aliphatic rings. The summed E-state index contributed by atoms with van der Waals surface area (Å²) < 4.78 is 31.7. The van der Waals surface area contributed by atoms with Gasteiger partial charge in [0.05, 0.1) is 19.1 Å². The van der Waals surface area contributed by atoms with Gasteiger partial charge in [0.15, 0.2) is 0 Å². The zero-order valence-corrected chi connectivity index (χ0v) is 24.6. The first-order valence-electron chi connectivity index (χ1n) is 13.2. The fraction of sp³-hybridized carbons (Fsp3) is 0.517. The van der Waals surface area contributed by atoms with Crippen LogP contribution < -0.4 is 14.4 Å². The summed E-state index contributed by atoms with van der Waals surface area (Å²) in [6, 6.07) is 12.3. The van der Waals surface area contributed by atoms with Gasteiger partial charge in [0.2, 0.25) is 21.8 Å². The highest BCUT2D eigenvalue weighted by molar-refractivity contribution is 7.92. The number of carbonyl (C=O) groups is 2. The summed E-state index contributed by atoms with van der Waals surface area (Å²) in [6.07, 6.45) is 2.85. The Bertz CT molecular complexity index is 1180. The number of amides is 2. The minimum Gasteiger partial charge on any atom is -0.497 e. The van der Waals surface area contributed by atoms with Gasteiger partial charge in [-0.25, -0.2) is 8.42 Å². The average Bonchev–Trinajstić information content (AvgIpc) is 2.87. The third kappa shape index (κ3) is 8.75. The molecule has 0 aliphatic carbocycles. The number of hydrogen-bond donors (Lipinski definition) is 1. The van der Waals surface area contributed by atoms with E-state index in [-0.39, 0.29) is 37.4 Å². The smallest absolute Gasteiger partial charge is 0.243 e. The van der Waals surface area contributed by atoms with Crippen LogP contribution in [0.1, 0.15) is 63.1 Å². The third-order valence-corrected chi connectivity index (χ3v) is 8.02. The van der Waals surface area contributed by atoms with Crippen LogP contribution in [0.4, 0.5) is 5.69 Å². The first-order valence-corrected chi connectivity index (χ1v) is 15.0. The van der Waals surface area contributed by atoms with Crippen molar-refractivity contribution in [3.8, 4) is 5.75 Å². The van der Waals surface area contributed by atoms with Crippen LogP contribution in [-0.4, -0.2) is 57.1 Å². The second-order valence-corrected chi connectivity index (χ2v) is 11.7. The Morgan fingerprint density at radius 3 is 2.18 bits per heavy atom. The predicted molar refractivity (Wildman–Crippen MR) is 153 cm³/mol. The van der Waals surface area contributed by atoms with Crippen LogP contribution in [0.3, 0.4) is 0 Å². The third-order valence-electron chi connectivity index (χ3n) is 6.83. The van der Waals surface area contributed by atoms with Gasteiger partial charge in [-0.05, 0) is 81.0 Å². The highest BCUT2D eigenvalue weighted by Crippen LogP contribution is 2.23. The molecule has 38 heavy (non-hydrogen) atoms. The summed E-state index contributed by atoms with van der Waals surface area (Å²) in [6.45, 7) is 10.2. The Balaban J connectivity index is 2.24. The van der Waals surface area contributed by atoms with Crippen LogP contribution in [0.15, 0.2) is 42.5 Å². The topological polar surface area (TPSA) is 96.0 Å². The number of anilines is 1. The van der Waals surface area contributed by atoms with Crippen molar-refractivity contribution in [2.24, 2.45) is 0 Å². The molecule has 0 saturated heterocycles. The van der Waals surface area contributed by atoms with E-state index in [1.54, 1.807) is 18.1 Å². The number of ether oxygens (including phenoxy) is 1. The molecule has 2 aromatic rings. The molecule has 0 radical (unpaired) electrons. The number of carbonyl (C=O) groups excluding carboxylic acids is 2. The molecule has 2 amide bonds. The van der Waals surface area contributed by atoms with Gasteiger partial charge in [-0.3, -0.25) is 13.9 Å². The van der Waals surface area contributed by atoms with Crippen molar-refractivity contribution in [1.29, 1.82) is 0 Å². The minimum atomic E-state index is -3.54. The van der Waals surface area contributed by atoms with Crippen molar-refractivity contribution in [2.45, 2.75) is 78.9 Å². The fourth-order valence-electron chi connectivity index (χ4n) is 4.17. The summed E-state index contributed by atoms with van der Waals surface area (Å²) in [4.78, 5) is 28.3. The quantitative estimate of drug-likeness (QED) is 0.375. The standard InChI is InChI=1S/C29H43N3O5S/c1-8-23(5)30-29(34)27(9-2)31(20-24-13-16-26(37-6)17-14-24)28(33)11-10-18-32(38(7,35)36)25-15-12-21(3)22(4)19-25/h12-17,19,23,27H,8-11,18,20H2,1-7H3,(H,30,34)/t23-,27+/m1/s1. The van der Waals surface area contributed by atoms with Gasteiger partial charge >= 0.3 is 0 Å². The molecule has 0 aromatic heterocycles. The highest BCUT2D eigenvalue weighted by atomic mass is 32.2. The molecule has 210 valence electrons. The van der Waals surface area contributed by atoms with Crippen molar-refractivity contribution in [3.63, 3.8) is 0 Å². The van der Waals surface area contributed by atoms with Gasteiger partial charge in [0.1, 0.15) is 11.8 Å². The maximum atomic E-state index is 13.6. The van der Waals surface area contributed by atoms with E-state index in [2.05, 4.69) is 5.32 Å². The number of methoxy groups -OCH3 is 1. The van der Waals surface area contributed by atoms with Gasteiger partial charge in [-0.1, -0.05) is 32.0 Å². The number of aryl methyl sites for hydroxylation is 2. The molecule has 1 N–H and O–H groups in total. The second kappa shape index (κ2) is 14.2. The molecule has 9 heteroatoms. The lowest BCUT2D eigenvalue weighted by molar-refractivity contribution is -0.141. The lowest BCUT2D eigenvalue weighted by Crippen LogP contribution is -2.50. The summed E-state index contributed by atoms with van der Waals surface area (Å²) in [5.74, 6) is 0.331. The summed E-state index contributed by atoms with van der Waals surface area (Å²) in [5.41, 5.74) is 3.53. The normalized spacial score (nSPS) is 12.9. The number of sulfonamides is 1. The zero-order valence-electron chi connectivity index (χ0n) is 23.8. The van der Waals surface area contributed by atoms with E-state index in [9.17, 15) is 18.0 Å². The van der Waals surface area contributed by atoms with Crippen molar-refractivity contribution in [3.05, 3.63) is 59.2 Å². The van der Waals surface area contributed by atoms with Gasteiger partial charge in [0, 0.05) is 25.6 Å². The molecular formula is C29H43N3O5S. The SMILES string of the molecule is CC[C@@H](C)NC(=O)[C@H](CC)N(Cc1ccc(OC)cc1)C(=O)CCCN(c1ccc(C)c(C)c1)S(C)(=O)=O. The Hall–Kier alpha value is -3.07. The van der Waals surface area contributed by atoms with Crippen LogP contribution in [0.25, 0.3) is 0 Å². The van der Waals surface area contributed by atoms with Crippen LogP contribution >= 0.6 is 0 Å². The number of nitrogens with zero attached hydrogens (tertiary/aromatic N) is 2. The van der Waals surface area contributed by atoms with E-state index in [0.29, 0.717) is 24.3 Å². The van der Waals surface area contributed by atoms with Gasteiger partial charge in [-0.2, -0.15) is 0 Å². The van der Waals surface area contributed by atoms with Crippen molar-refractivity contribution >= 4 is 27.5 Å². The van der Waals surface area contributed by atoms with E-state index in [4.69, 9.17) is 4.74 Å². The second-order valence-electron chi connectivity index (χ2n) is 9.82. The molecule has 2 rings (SSSR count). The van der Waals surface area contributed by atoms with E-state index >= 15 is 0 Å². The largest absolute Gasteiger partial charge is 0.497 e. The lowest BCUT2D eigenvalue weighted by Gasteiger charge is -2.32. The predicted octanol–water partition coefficient (Wildman–Crippen LogP) is 4.58. The zero-order chi connectivity index (χ0) is 28.5. The molecule has 2 atom stereocenters. The number of benzene rings is 2. The number of rotatable bonds is 14. The van der Waals surface area contributed by atoms with Crippen molar-refractivity contribution in [1.82, 2.24) is 10.2 Å². The average molecular weight is 546 g/mol. The maximum Gasteiger partial charge on any atom is 0.243 e. The fourth-order valence-corrected chi connectivity index (χ4v) is 5.13. The lowest BCUT2D eigenvalue weighted by atomic mass is 10.1. The van der Waals surface area contributed by atoms with E-state index in [1.165, 1.54) is 10.6 Å². The Morgan fingerprint density at radius 2 is 1.66 bits per heavy atom. The highest BCUT2D eigenvalue weighted by Gasteiger charge is 2.29. The molecule has 0 aliphatic heterocycles. The minimum absolute atomic E-state index is 0.00391. The molecule has 8 nitrogen and oxygen atoms in total. The molecule has 0 spiro atoms. The van der Waals surface area contributed by atoms with Crippen LogP contribution in [0, 0.1) is 13.8 Å². The molecule has 0 heterocycles. The van der Waals surface area contributed by atoms with Crippen molar-refractivity contribution in [2.75, 3.05) is 24.2 Å². The van der Waals surface area contributed by atoms with Gasteiger partial charge in [0.25, 0.3) is 0 Å². The number of hydrogen-bond acceptors (Lipinski definition) is 5. The molecular weight excluding hydrogens is 502 g/mol.